The van der Waals surface area contributed by atoms with E-state index in [1.54, 1.807) is 17.5 Å². The number of aryl methyl sites for hydroxylation is 1. The number of nitrogens with zero attached hydrogens (tertiary/aromatic N) is 4. The standard InChI is InChI=1S/C14H19N5S/c1-10-9-12(18-14-15-6-8-20-14)17-13(16-10)11-5-3-4-7-19(11)2/h6,8-9,11H,3-5,7H2,1-2H3,(H,15,16,17,18)/t11-/m0/s1. The molecule has 1 aliphatic rings. The van der Waals surface area contributed by atoms with Gasteiger partial charge in [0.2, 0.25) is 0 Å². The normalized spacial score (nSPS) is 20.0. The van der Waals surface area contributed by atoms with Crippen LogP contribution in [-0.2, 0) is 0 Å². The molecule has 0 aromatic carbocycles. The molecule has 0 amide bonds. The zero-order chi connectivity index (χ0) is 13.9. The predicted molar refractivity (Wildman–Crippen MR) is 81.4 cm³/mol. The van der Waals surface area contributed by atoms with Gasteiger partial charge in [-0.3, -0.25) is 4.90 Å². The largest absolute Gasteiger partial charge is 0.316 e. The van der Waals surface area contributed by atoms with Gasteiger partial charge in [0, 0.05) is 23.3 Å². The number of aromatic nitrogens is 3. The van der Waals surface area contributed by atoms with Crippen LogP contribution in [0.15, 0.2) is 17.6 Å². The van der Waals surface area contributed by atoms with Crippen LogP contribution >= 0.6 is 11.3 Å². The fourth-order valence-electron chi connectivity index (χ4n) is 2.60. The first-order valence-electron chi connectivity index (χ1n) is 6.95. The fourth-order valence-corrected chi connectivity index (χ4v) is 3.14. The quantitative estimate of drug-likeness (QED) is 0.940. The summed E-state index contributed by atoms with van der Waals surface area (Å²) in [6, 6.07) is 2.30. The van der Waals surface area contributed by atoms with Gasteiger partial charge in [-0.05, 0) is 33.4 Å². The van der Waals surface area contributed by atoms with Gasteiger partial charge in [-0.25, -0.2) is 15.0 Å². The molecule has 6 heteroatoms. The summed E-state index contributed by atoms with van der Waals surface area (Å²) in [7, 11) is 2.16. The third kappa shape index (κ3) is 2.96. The molecular formula is C14H19N5S. The third-order valence-electron chi connectivity index (χ3n) is 3.61. The van der Waals surface area contributed by atoms with Crippen molar-refractivity contribution in [3.63, 3.8) is 0 Å². The summed E-state index contributed by atoms with van der Waals surface area (Å²) in [5.41, 5.74) is 0.994. The highest BCUT2D eigenvalue weighted by molar-refractivity contribution is 7.13. The summed E-state index contributed by atoms with van der Waals surface area (Å²) < 4.78 is 0. The Kier molecular flexibility index (Phi) is 3.93. The summed E-state index contributed by atoms with van der Waals surface area (Å²) in [5.74, 6) is 1.76. The van der Waals surface area contributed by atoms with Gasteiger partial charge in [-0.15, -0.1) is 11.3 Å². The maximum atomic E-state index is 4.69. The summed E-state index contributed by atoms with van der Waals surface area (Å²) >= 11 is 1.57. The molecule has 0 unspecified atom stereocenters. The molecule has 2 aromatic rings. The maximum absolute atomic E-state index is 4.69. The van der Waals surface area contributed by atoms with Crippen LogP contribution in [0.5, 0.6) is 0 Å². The van der Waals surface area contributed by atoms with E-state index in [-0.39, 0.29) is 0 Å². The van der Waals surface area contributed by atoms with Crippen molar-refractivity contribution in [3.8, 4) is 0 Å². The van der Waals surface area contributed by atoms with Gasteiger partial charge in [0.25, 0.3) is 0 Å². The van der Waals surface area contributed by atoms with Crippen LogP contribution in [0, 0.1) is 6.92 Å². The van der Waals surface area contributed by atoms with Crippen LogP contribution in [0.25, 0.3) is 0 Å². The zero-order valence-corrected chi connectivity index (χ0v) is 12.7. The molecule has 0 bridgehead atoms. The number of rotatable bonds is 3. The highest BCUT2D eigenvalue weighted by atomic mass is 32.1. The third-order valence-corrected chi connectivity index (χ3v) is 4.30. The Balaban J connectivity index is 1.86. The maximum Gasteiger partial charge on any atom is 0.188 e. The molecule has 20 heavy (non-hydrogen) atoms. The van der Waals surface area contributed by atoms with Crippen molar-refractivity contribution in [1.82, 2.24) is 19.9 Å². The molecule has 1 fully saturated rings. The topological polar surface area (TPSA) is 53.9 Å². The molecular weight excluding hydrogens is 270 g/mol. The van der Waals surface area contributed by atoms with E-state index in [1.807, 2.05) is 18.4 Å². The van der Waals surface area contributed by atoms with Crippen molar-refractivity contribution in [2.24, 2.45) is 0 Å². The average molecular weight is 289 g/mol. The lowest BCUT2D eigenvalue weighted by Crippen LogP contribution is -2.31. The van der Waals surface area contributed by atoms with E-state index >= 15 is 0 Å². The first-order chi connectivity index (χ1) is 9.72. The number of piperidine rings is 1. The Hall–Kier alpha value is -1.53. The summed E-state index contributed by atoms with van der Waals surface area (Å²) in [4.78, 5) is 15.9. The van der Waals surface area contributed by atoms with Crippen molar-refractivity contribution < 1.29 is 0 Å². The number of thiazole rings is 1. The minimum absolute atomic E-state index is 0.334. The number of anilines is 2. The zero-order valence-electron chi connectivity index (χ0n) is 11.8. The molecule has 3 heterocycles. The number of hydrogen-bond acceptors (Lipinski definition) is 6. The predicted octanol–water partition coefficient (Wildman–Crippen LogP) is 3.14. The second kappa shape index (κ2) is 5.85. The van der Waals surface area contributed by atoms with Crippen LogP contribution in [0.2, 0.25) is 0 Å². The van der Waals surface area contributed by atoms with E-state index in [0.717, 1.165) is 35.4 Å². The Labute approximate surface area is 123 Å². The van der Waals surface area contributed by atoms with Gasteiger partial charge < -0.3 is 5.32 Å². The average Bonchev–Trinajstić information content (AvgIpc) is 2.91. The first kappa shape index (κ1) is 13.5. The highest BCUT2D eigenvalue weighted by Crippen LogP contribution is 2.28. The second-order valence-electron chi connectivity index (χ2n) is 5.21. The minimum Gasteiger partial charge on any atom is -0.316 e. The first-order valence-corrected chi connectivity index (χ1v) is 7.82. The van der Waals surface area contributed by atoms with E-state index < -0.39 is 0 Å². The fraction of sp³-hybridized carbons (Fsp3) is 0.500. The lowest BCUT2D eigenvalue weighted by molar-refractivity contribution is 0.179. The molecule has 0 aliphatic carbocycles. The number of hydrogen-bond donors (Lipinski definition) is 1. The van der Waals surface area contributed by atoms with Crippen LogP contribution in [0.1, 0.15) is 36.8 Å². The molecule has 3 rings (SSSR count). The number of nitrogens with one attached hydrogen (secondary N) is 1. The minimum atomic E-state index is 0.334. The van der Waals surface area contributed by atoms with E-state index in [1.165, 1.54) is 12.8 Å². The Morgan fingerprint density at radius 1 is 1.35 bits per heavy atom. The molecule has 5 nitrogen and oxygen atoms in total. The highest BCUT2D eigenvalue weighted by Gasteiger charge is 2.23. The molecule has 1 atom stereocenters. The van der Waals surface area contributed by atoms with Gasteiger partial charge >= 0.3 is 0 Å². The lowest BCUT2D eigenvalue weighted by atomic mass is 10.0. The van der Waals surface area contributed by atoms with Crippen molar-refractivity contribution in [1.29, 1.82) is 0 Å². The van der Waals surface area contributed by atoms with Gasteiger partial charge in [-0.1, -0.05) is 6.42 Å². The van der Waals surface area contributed by atoms with Gasteiger partial charge in [0.1, 0.15) is 11.6 Å². The molecule has 0 saturated carbocycles. The van der Waals surface area contributed by atoms with Crippen molar-refractivity contribution in [2.75, 3.05) is 18.9 Å². The molecule has 106 valence electrons. The molecule has 0 radical (unpaired) electrons. The SMILES string of the molecule is Cc1cc(Nc2nccs2)nc([C@@H]2CCCCN2C)n1. The summed E-state index contributed by atoms with van der Waals surface area (Å²) in [6.45, 7) is 3.14. The van der Waals surface area contributed by atoms with E-state index in [2.05, 4.69) is 32.2 Å². The second-order valence-corrected chi connectivity index (χ2v) is 6.10. The van der Waals surface area contributed by atoms with Crippen molar-refractivity contribution >= 4 is 22.3 Å². The van der Waals surface area contributed by atoms with Gasteiger partial charge in [0.05, 0.1) is 6.04 Å². The van der Waals surface area contributed by atoms with E-state index in [9.17, 15) is 0 Å². The van der Waals surface area contributed by atoms with Crippen LogP contribution < -0.4 is 5.32 Å². The van der Waals surface area contributed by atoms with Gasteiger partial charge in [0.15, 0.2) is 5.13 Å². The smallest absolute Gasteiger partial charge is 0.188 e. The summed E-state index contributed by atoms with van der Waals surface area (Å²) in [6.07, 6.45) is 5.44. The Bertz CT molecular complexity index is 569. The van der Waals surface area contributed by atoms with Crippen LogP contribution in [-0.4, -0.2) is 33.4 Å². The molecule has 1 saturated heterocycles. The van der Waals surface area contributed by atoms with Crippen LogP contribution in [0.4, 0.5) is 10.9 Å². The number of likely N-dealkylation sites (tertiary alicyclic amines) is 1. The Morgan fingerprint density at radius 3 is 3.00 bits per heavy atom. The van der Waals surface area contributed by atoms with Gasteiger partial charge in [-0.2, -0.15) is 0 Å². The summed E-state index contributed by atoms with van der Waals surface area (Å²) in [5, 5.41) is 6.07. The van der Waals surface area contributed by atoms with E-state index in [4.69, 9.17) is 0 Å². The van der Waals surface area contributed by atoms with Crippen molar-refractivity contribution in [3.05, 3.63) is 29.2 Å². The molecule has 1 N–H and O–H groups in total. The van der Waals surface area contributed by atoms with Crippen molar-refractivity contribution in [2.45, 2.75) is 32.2 Å². The van der Waals surface area contributed by atoms with Crippen LogP contribution in [0.3, 0.4) is 0 Å². The van der Waals surface area contributed by atoms with E-state index in [0.29, 0.717) is 6.04 Å². The molecule has 2 aromatic heterocycles. The molecule has 1 aliphatic heterocycles. The molecule has 0 spiro atoms. The Morgan fingerprint density at radius 2 is 2.25 bits per heavy atom. The lowest BCUT2D eigenvalue weighted by Gasteiger charge is -2.31. The monoisotopic (exact) mass is 289 g/mol.